The van der Waals surface area contributed by atoms with Gasteiger partial charge in [0, 0.05) is 11.6 Å². The van der Waals surface area contributed by atoms with Gasteiger partial charge in [0.2, 0.25) is 5.91 Å². The van der Waals surface area contributed by atoms with E-state index in [4.69, 9.17) is 46.4 Å². The molecule has 1 aromatic heterocycles. The highest BCUT2D eigenvalue weighted by molar-refractivity contribution is 7.99. The highest BCUT2D eigenvalue weighted by Crippen LogP contribution is 2.30. The Morgan fingerprint density at radius 3 is 2.46 bits per heavy atom. The Kier molecular flexibility index (Phi) is 9.72. The minimum atomic E-state index is -0.435. The van der Waals surface area contributed by atoms with E-state index in [2.05, 4.69) is 20.8 Å². The maximum Gasteiger partial charge on any atom is 0.253 e. The molecule has 2 aromatic carbocycles. The summed E-state index contributed by atoms with van der Waals surface area (Å²) in [5, 5.41) is 16.2. The summed E-state index contributed by atoms with van der Waals surface area (Å²) in [6.07, 6.45) is 0. The molecule has 1 atom stereocenters. The topological polar surface area (TPSA) is 88.9 Å². The summed E-state index contributed by atoms with van der Waals surface area (Å²) < 4.78 is 1.87. The second kappa shape index (κ2) is 12.3. The van der Waals surface area contributed by atoms with Gasteiger partial charge in [-0.25, -0.2) is 0 Å². The molecule has 0 bridgehead atoms. The molecule has 0 aliphatic heterocycles. The number of hydrogen-bond donors (Lipinski definition) is 2. The summed E-state index contributed by atoms with van der Waals surface area (Å²) in [6.45, 7) is 6.43. The molecule has 2 N–H and O–H groups in total. The van der Waals surface area contributed by atoms with Gasteiger partial charge in [-0.05, 0) is 43.2 Å². The molecule has 35 heavy (non-hydrogen) atoms. The van der Waals surface area contributed by atoms with E-state index < -0.39 is 6.04 Å². The molecule has 0 unspecified atom stereocenters. The number of hydrogen-bond acceptors (Lipinski definition) is 5. The van der Waals surface area contributed by atoms with Gasteiger partial charge in [-0.3, -0.25) is 9.59 Å². The van der Waals surface area contributed by atoms with Crippen LogP contribution in [0.15, 0.2) is 41.6 Å². The summed E-state index contributed by atoms with van der Waals surface area (Å²) >= 11 is 25.5. The summed E-state index contributed by atoms with van der Waals surface area (Å²) in [4.78, 5) is 25.4. The minimum absolute atomic E-state index is 0.00523. The average molecular weight is 575 g/mol. The van der Waals surface area contributed by atoms with E-state index in [1.54, 1.807) is 30.3 Å². The van der Waals surface area contributed by atoms with Gasteiger partial charge in [-0.2, -0.15) is 0 Å². The largest absolute Gasteiger partial charge is 0.342 e. The number of thioether (sulfide) groups is 1. The summed E-state index contributed by atoms with van der Waals surface area (Å²) in [5.41, 5.74) is 0.751. The first-order chi connectivity index (χ1) is 16.6. The van der Waals surface area contributed by atoms with Crippen molar-refractivity contribution in [2.75, 3.05) is 11.1 Å². The van der Waals surface area contributed by atoms with Crippen LogP contribution in [0.2, 0.25) is 20.1 Å². The normalized spacial score (nSPS) is 12.0. The van der Waals surface area contributed by atoms with Gasteiger partial charge in [-0.1, -0.05) is 78.1 Å². The maximum absolute atomic E-state index is 12.9. The SMILES string of the molecule is CCn1c(SCC(=O)Nc2cccc(Cl)c2Cl)nnc1[C@@H](NC(=O)c1ccc(Cl)cc1Cl)C(C)C. The van der Waals surface area contributed by atoms with E-state index in [1.165, 1.54) is 17.8 Å². The van der Waals surface area contributed by atoms with Gasteiger partial charge in [-0.15, -0.1) is 10.2 Å². The number of rotatable bonds is 9. The molecule has 12 heteroatoms. The molecule has 0 radical (unpaired) electrons. The standard InChI is InChI=1S/C23H23Cl4N5O2S/c1-4-32-21(20(12(2)3)29-22(34)14-9-8-13(24)10-16(14)26)30-31-23(32)35-11-18(33)28-17-7-5-6-15(25)19(17)27/h5-10,12,20H,4,11H2,1-3H3,(H,28,33)(H,29,34)/t20-/m0/s1. The number of carbonyl (C=O) groups is 2. The number of anilines is 1. The zero-order valence-corrected chi connectivity index (χ0v) is 23.0. The molecule has 1 heterocycles. The van der Waals surface area contributed by atoms with Crippen LogP contribution in [-0.2, 0) is 11.3 Å². The summed E-state index contributed by atoms with van der Waals surface area (Å²) in [6, 6.07) is 9.29. The van der Waals surface area contributed by atoms with Crippen LogP contribution in [0, 0.1) is 5.92 Å². The lowest BCUT2D eigenvalue weighted by molar-refractivity contribution is -0.113. The number of amides is 2. The minimum Gasteiger partial charge on any atom is -0.342 e. The van der Waals surface area contributed by atoms with Gasteiger partial charge in [0.05, 0.1) is 38.1 Å². The van der Waals surface area contributed by atoms with Crippen LogP contribution in [0.5, 0.6) is 0 Å². The van der Waals surface area contributed by atoms with E-state index >= 15 is 0 Å². The second-order valence-electron chi connectivity index (χ2n) is 7.84. The molecule has 3 rings (SSSR count). The van der Waals surface area contributed by atoms with Crippen molar-refractivity contribution >= 4 is 75.7 Å². The van der Waals surface area contributed by atoms with Crippen LogP contribution in [0.3, 0.4) is 0 Å². The van der Waals surface area contributed by atoms with Crippen LogP contribution < -0.4 is 10.6 Å². The number of nitrogens with one attached hydrogen (secondary N) is 2. The average Bonchev–Trinajstić information content (AvgIpc) is 3.21. The fourth-order valence-corrected chi connectivity index (χ4v) is 4.92. The van der Waals surface area contributed by atoms with Gasteiger partial charge in [0.25, 0.3) is 5.91 Å². The highest BCUT2D eigenvalue weighted by Gasteiger charge is 2.27. The Bertz CT molecular complexity index is 1230. The van der Waals surface area contributed by atoms with Gasteiger partial charge >= 0.3 is 0 Å². The molecular weight excluding hydrogens is 552 g/mol. The van der Waals surface area contributed by atoms with Crippen LogP contribution in [0.4, 0.5) is 5.69 Å². The number of aromatic nitrogens is 3. The quantitative estimate of drug-likeness (QED) is 0.275. The lowest BCUT2D eigenvalue weighted by Gasteiger charge is -2.22. The lowest BCUT2D eigenvalue weighted by Crippen LogP contribution is -2.34. The molecule has 2 amide bonds. The van der Waals surface area contributed by atoms with Crippen LogP contribution in [-0.4, -0.2) is 32.3 Å². The second-order valence-corrected chi connectivity index (χ2v) is 10.4. The molecule has 0 saturated heterocycles. The molecule has 3 aromatic rings. The molecule has 0 spiro atoms. The van der Waals surface area contributed by atoms with E-state index in [9.17, 15) is 9.59 Å². The molecule has 0 aliphatic carbocycles. The Morgan fingerprint density at radius 1 is 1.06 bits per heavy atom. The first kappa shape index (κ1) is 27.6. The third-order valence-corrected chi connectivity index (χ3v) is 7.36. The fraction of sp³-hybridized carbons (Fsp3) is 0.304. The van der Waals surface area contributed by atoms with Gasteiger partial charge in [0.1, 0.15) is 0 Å². The monoisotopic (exact) mass is 573 g/mol. The summed E-state index contributed by atoms with van der Waals surface area (Å²) in [5.74, 6) is 0.0629. The zero-order chi connectivity index (χ0) is 25.7. The van der Waals surface area contributed by atoms with Crippen molar-refractivity contribution in [1.82, 2.24) is 20.1 Å². The number of benzene rings is 2. The molecule has 0 fully saturated rings. The third kappa shape index (κ3) is 6.83. The Balaban J connectivity index is 1.74. The molecule has 0 saturated carbocycles. The number of nitrogens with zero attached hydrogens (tertiary/aromatic N) is 3. The molecule has 0 aliphatic rings. The van der Waals surface area contributed by atoms with Crippen molar-refractivity contribution in [2.45, 2.75) is 38.5 Å². The fourth-order valence-electron chi connectivity index (χ4n) is 3.27. The molecule has 186 valence electrons. The van der Waals surface area contributed by atoms with E-state index in [-0.39, 0.29) is 33.5 Å². The Hall–Kier alpha value is -1.97. The van der Waals surface area contributed by atoms with Crippen molar-refractivity contribution in [2.24, 2.45) is 5.92 Å². The highest BCUT2D eigenvalue weighted by atomic mass is 35.5. The predicted octanol–water partition coefficient (Wildman–Crippen LogP) is 6.77. The van der Waals surface area contributed by atoms with Crippen molar-refractivity contribution < 1.29 is 9.59 Å². The van der Waals surface area contributed by atoms with Crippen molar-refractivity contribution in [3.05, 3.63) is 67.9 Å². The Labute approximate surface area is 227 Å². The van der Waals surface area contributed by atoms with Crippen molar-refractivity contribution in [3.63, 3.8) is 0 Å². The van der Waals surface area contributed by atoms with Crippen LogP contribution in [0.1, 0.15) is 43.0 Å². The first-order valence-electron chi connectivity index (χ1n) is 10.7. The zero-order valence-electron chi connectivity index (χ0n) is 19.1. The van der Waals surface area contributed by atoms with Crippen molar-refractivity contribution in [3.8, 4) is 0 Å². The first-order valence-corrected chi connectivity index (χ1v) is 13.2. The summed E-state index contributed by atoms with van der Waals surface area (Å²) in [7, 11) is 0. The van der Waals surface area contributed by atoms with E-state index in [1.807, 2.05) is 25.3 Å². The molecule has 7 nitrogen and oxygen atoms in total. The lowest BCUT2D eigenvalue weighted by atomic mass is 10.0. The third-order valence-electron chi connectivity index (χ3n) is 5.03. The smallest absolute Gasteiger partial charge is 0.253 e. The predicted molar refractivity (Wildman–Crippen MR) is 143 cm³/mol. The van der Waals surface area contributed by atoms with Gasteiger partial charge < -0.3 is 15.2 Å². The number of halogens is 4. The van der Waals surface area contributed by atoms with Crippen molar-refractivity contribution in [1.29, 1.82) is 0 Å². The van der Waals surface area contributed by atoms with Gasteiger partial charge in [0.15, 0.2) is 11.0 Å². The maximum atomic E-state index is 12.9. The van der Waals surface area contributed by atoms with Crippen LogP contribution in [0.25, 0.3) is 0 Å². The van der Waals surface area contributed by atoms with E-state index in [0.717, 1.165) is 0 Å². The number of carbonyl (C=O) groups excluding carboxylic acids is 2. The van der Waals surface area contributed by atoms with E-state index in [0.29, 0.717) is 38.8 Å². The Morgan fingerprint density at radius 2 is 1.80 bits per heavy atom. The van der Waals surface area contributed by atoms with Crippen LogP contribution >= 0.6 is 58.2 Å². The molecular formula is C23H23Cl4N5O2S.